The maximum Gasteiger partial charge on any atom is 0.341 e. The van der Waals surface area contributed by atoms with Crippen molar-refractivity contribution in [3.05, 3.63) is 83.4 Å². The van der Waals surface area contributed by atoms with Crippen molar-refractivity contribution in [2.45, 2.75) is 6.61 Å². The van der Waals surface area contributed by atoms with E-state index in [2.05, 4.69) is 10.5 Å². The van der Waals surface area contributed by atoms with Crippen molar-refractivity contribution in [2.24, 2.45) is 5.10 Å². The van der Waals surface area contributed by atoms with E-state index in [1.165, 1.54) is 20.4 Å². The summed E-state index contributed by atoms with van der Waals surface area (Å²) in [6.45, 7) is -0.115. The second-order valence-corrected chi connectivity index (χ2v) is 6.93. The Morgan fingerprint density at radius 1 is 0.882 bits per heavy atom. The lowest BCUT2D eigenvalue weighted by Gasteiger charge is -2.12. The topological polar surface area (TPSA) is 116 Å². The molecule has 1 amide bonds. The first-order valence-corrected chi connectivity index (χ1v) is 10.2. The number of carbonyl (C=O) groups excluding carboxylic acids is 1. The van der Waals surface area contributed by atoms with Crippen LogP contribution in [0.1, 0.15) is 21.5 Å². The van der Waals surface area contributed by atoms with Gasteiger partial charge in [-0.2, -0.15) is 5.10 Å². The van der Waals surface area contributed by atoms with Gasteiger partial charge in [0.1, 0.15) is 6.61 Å². The maximum absolute atomic E-state index is 12.5. The van der Waals surface area contributed by atoms with E-state index in [0.717, 1.165) is 5.56 Å². The molecule has 3 aromatic rings. The second kappa shape index (κ2) is 11.9. The van der Waals surface area contributed by atoms with Gasteiger partial charge in [0.2, 0.25) is 0 Å². The fourth-order valence-electron chi connectivity index (χ4n) is 2.92. The van der Waals surface area contributed by atoms with Crippen molar-refractivity contribution < 1.29 is 33.6 Å². The summed E-state index contributed by atoms with van der Waals surface area (Å²) in [7, 11) is 2.94. The van der Waals surface area contributed by atoms with Gasteiger partial charge in [0.15, 0.2) is 29.6 Å². The fourth-order valence-corrected chi connectivity index (χ4v) is 2.92. The predicted octanol–water partition coefficient (Wildman–Crippen LogP) is 3.51. The molecular formula is C25H24N2O7. The summed E-state index contributed by atoms with van der Waals surface area (Å²) < 4.78 is 21.5. The molecule has 0 unspecified atom stereocenters. The molecule has 9 heteroatoms. The van der Waals surface area contributed by atoms with E-state index >= 15 is 0 Å². The maximum atomic E-state index is 12.5. The number of benzene rings is 3. The largest absolute Gasteiger partial charge is 0.493 e. The quantitative estimate of drug-likeness (QED) is 0.330. The number of aliphatic carboxylic acids is 1. The van der Waals surface area contributed by atoms with E-state index in [1.807, 2.05) is 30.3 Å². The van der Waals surface area contributed by atoms with Crippen molar-refractivity contribution in [3.63, 3.8) is 0 Å². The van der Waals surface area contributed by atoms with Gasteiger partial charge in [0, 0.05) is 5.56 Å². The van der Waals surface area contributed by atoms with Crippen molar-refractivity contribution in [1.82, 2.24) is 5.43 Å². The summed E-state index contributed by atoms with van der Waals surface area (Å²) in [4.78, 5) is 23.2. The summed E-state index contributed by atoms with van der Waals surface area (Å²) in [5, 5.41) is 12.7. The molecule has 0 saturated carbocycles. The average molecular weight is 464 g/mol. The van der Waals surface area contributed by atoms with Crippen molar-refractivity contribution in [3.8, 4) is 23.0 Å². The van der Waals surface area contributed by atoms with Crippen LogP contribution in [0.3, 0.4) is 0 Å². The molecule has 3 aromatic carbocycles. The van der Waals surface area contributed by atoms with Crippen LogP contribution >= 0.6 is 0 Å². The summed E-state index contributed by atoms with van der Waals surface area (Å²) >= 11 is 0. The minimum Gasteiger partial charge on any atom is -0.493 e. The van der Waals surface area contributed by atoms with Gasteiger partial charge >= 0.3 is 5.97 Å². The Hall–Kier alpha value is -4.53. The molecule has 0 atom stereocenters. The van der Waals surface area contributed by atoms with E-state index in [4.69, 9.17) is 24.1 Å². The molecule has 34 heavy (non-hydrogen) atoms. The second-order valence-electron chi connectivity index (χ2n) is 6.93. The molecule has 0 aliphatic carbocycles. The summed E-state index contributed by atoms with van der Waals surface area (Å²) in [6.07, 6.45) is 1.43. The van der Waals surface area contributed by atoms with Gasteiger partial charge in [-0.15, -0.1) is 0 Å². The number of carbonyl (C=O) groups is 2. The average Bonchev–Trinajstić information content (AvgIpc) is 2.86. The lowest BCUT2D eigenvalue weighted by atomic mass is 10.2. The van der Waals surface area contributed by atoms with Crippen LogP contribution in [0.5, 0.6) is 23.0 Å². The number of methoxy groups -OCH3 is 2. The minimum atomic E-state index is -1.09. The molecule has 0 aliphatic heterocycles. The van der Waals surface area contributed by atoms with Gasteiger partial charge in [0.05, 0.1) is 20.4 Å². The smallest absolute Gasteiger partial charge is 0.341 e. The van der Waals surface area contributed by atoms with Gasteiger partial charge in [-0.25, -0.2) is 10.2 Å². The third kappa shape index (κ3) is 6.73. The van der Waals surface area contributed by atoms with E-state index in [0.29, 0.717) is 35.0 Å². The van der Waals surface area contributed by atoms with Gasteiger partial charge in [-0.05, 0) is 47.5 Å². The third-order valence-corrected chi connectivity index (χ3v) is 4.58. The Balaban J connectivity index is 1.62. The van der Waals surface area contributed by atoms with Gasteiger partial charge in [-0.1, -0.05) is 30.3 Å². The molecule has 2 N–H and O–H groups in total. The van der Waals surface area contributed by atoms with Crippen LogP contribution in [-0.2, 0) is 11.4 Å². The van der Waals surface area contributed by atoms with Crippen LogP contribution in [0.25, 0.3) is 0 Å². The Labute approximate surface area is 196 Å². The number of carboxylic acids is 1. The normalized spacial score (nSPS) is 10.5. The first-order chi connectivity index (χ1) is 16.5. The summed E-state index contributed by atoms with van der Waals surface area (Å²) in [5.74, 6) is 0.0402. The molecule has 0 fully saturated rings. The molecule has 0 heterocycles. The van der Waals surface area contributed by atoms with Crippen molar-refractivity contribution >= 4 is 18.1 Å². The summed E-state index contributed by atoms with van der Waals surface area (Å²) in [6, 6.07) is 19.4. The van der Waals surface area contributed by atoms with Crippen LogP contribution in [0.15, 0.2) is 71.8 Å². The molecule has 0 radical (unpaired) electrons. The molecule has 0 spiro atoms. The standard InChI is InChI=1S/C25H24N2O7/c1-31-22-12-18(8-10-20(22)34-16-24(28)29)14-26-27-25(30)19-9-11-21(23(13-19)32-2)33-15-17-6-4-3-5-7-17/h3-14H,15-16H2,1-2H3,(H,27,30)(H,28,29)/b26-14+. The molecule has 3 rings (SSSR count). The van der Waals surface area contributed by atoms with E-state index in [1.54, 1.807) is 36.4 Å². The highest BCUT2D eigenvalue weighted by molar-refractivity contribution is 5.95. The summed E-state index contributed by atoms with van der Waals surface area (Å²) in [5.41, 5.74) is 4.42. The first-order valence-electron chi connectivity index (χ1n) is 10.2. The lowest BCUT2D eigenvalue weighted by molar-refractivity contribution is -0.139. The van der Waals surface area contributed by atoms with Crippen LogP contribution < -0.4 is 24.4 Å². The van der Waals surface area contributed by atoms with Crippen molar-refractivity contribution in [1.29, 1.82) is 0 Å². The fraction of sp³-hybridized carbons (Fsp3) is 0.160. The number of amides is 1. The number of nitrogens with one attached hydrogen (secondary N) is 1. The van der Waals surface area contributed by atoms with E-state index in [-0.39, 0.29) is 5.75 Å². The number of rotatable bonds is 11. The van der Waals surface area contributed by atoms with Gasteiger partial charge in [-0.3, -0.25) is 4.79 Å². The molecular weight excluding hydrogens is 440 g/mol. The Morgan fingerprint density at radius 3 is 2.26 bits per heavy atom. The highest BCUT2D eigenvalue weighted by Gasteiger charge is 2.11. The van der Waals surface area contributed by atoms with Gasteiger partial charge in [0.25, 0.3) is 5.91 Å². The molecule has 0 saturated heterocycles. The monoisotopic (exact) mass is 464 g/mol. The number of hydrogen-bond acceptors (Lipinski definition) is 7. The number of hydrogen-bond donors (Lipinski definition) is 2. The van der Waals surface area contributed by atoms with Crippen molar-refractivity contribution in [2.75, 3.05) is 20.8 Å². The molecule has 0 aromatic heterocycles. The zero-order valence-corrected chi connectivity index (χ0v) is 18.7. The molecule has 0 aliphatic rings. The highest BCUT2D eigenvalue weighted by atomic mass is 16.5. The highest BCUT2D eigenvalue weighted by Crippen LogP contribution is 2.29. The van der Waals surface area contributed by atoms with E-state index in [9.17, 15) is 9.59 Å². The number of carboxylic acid groups (broad SMARTS) is 1. The van der Waals surface area contributed by atoms with Gasteiger partial charge < -0.3 is 24.1 Å². The zero-order chi connectivity index (χ0) is 24.3. The Kier molecular flexibility index (Phi) is 8.45. The van der Waals surface area contributed by atoms with Crippen LogP contribution in [0, 0.1) is 0 Å². The van der Waals surface area contributed by atoms with Crippen LogP contribution in [-0.4, -0.2) is 44.0 Å². The zero-order valence-electron chi connectivity index (χ0n) is 18.7. The predicted molar refractivity (Wildman–Crippen MR) is 125 cm³/mol. The Bertz CT molecular complexity index is 1160. The number of ether oxygens (including phenoxy) is 4. The molecule has 0 bridgehead atoms. The third-order valence-electron chi connectivity index (χ3n) is 4.58. The lowest BCUT2D eigenvalue weighted by Crippen LogP contribution is -2.17. The van der Waals surface area contributed by atoms with E-state index < -0.39 is 18.5 Å². The molecule has 9 nitrogen and oxygen atoms in total. The number of hydrazone groups is 1. The minimum absolute atomic E-state index is 0.285. The Morgan fingerprint density at radius 2 is 1.56 bits per heavy atom. The first kappa shape index (κ1) is 24.1. The van der Waals surface area contributed by atoms with Crippen LogP contribution in [0.2, 0.25) is 0 Å². The molecule has 176 valence electrons. The van der Waals surface area contributed by atoms with Crippen LogP contribution in [0.4, 0.5) is 0 Å². The number of nitrogens with zero attached hydrogens (tertiary/aromatic N) is 1. The SMILES string of the molecule is COc1cc(/C=N/NC(=O)c2ccc(OCc3ccccc3)c(OC)c2)ccc1OCC(=O)O.